The van der Waals surface area contributed by atoms with Crippen LogP contribution in [0.15, 0.2) is 146 Å². The highest BCUT2D eigenvalue weighted by Gasteiger charge is 2.22. The SMILES string of the molecule is C.C/C=C\c1c(C)cc(-c2c3ccccc3c(-c3ccc(-c4ccccc4)c4c3C=CC=CC4)c3ccccc23)c2ccccc12.CC.CC. The topological polar surface area (TPSA) is 0 Å². The number of benzene rings is 7. The van der Waals surface area contributed by atoms with Gasteiger partial charge in [0.05, 0.1) is 0 Å². The minimum atomic E-state index is 0. The summed E-state index contributed by atoms with van der Waals surface area (Å²) < 4.78 is 0. The van der Waals surface area contributed by atoms with Crippen LogP contribution in [0.4, 0.5) is 0 Å². The molecular weight excluding hydrogens is 601 g/mol. The summed E-state index contributed by atoms with van der Waals surface area (Å²) in [6.45, 7) is 12.3. The first kappa shape index (κ1) is 35.8. The van der Waals surface area contributed by atoms with E-state index < -0.39 is 0 Å². The average Bonchev–Trinajstić information content (AvgIpc) is 3.43. The van der Waals surface area contributed by atoms with Crippen molar-refractivity contribution >= 4 is 44.5 Å². The van der Waals surface area contributed by atoms with Crippen LogP contribution in [0.2, 0.25) is 0 Å². The van der Waals surface area contributed by atoms with Crippen LogP contribution in [-0.4, -0.2) is 0 Å². The molecule has 1 aliphatic rings. The number of hydrogen-bond acceptors (Lipinski definition) is 0. The van der Waals surface area contributed by atoms with E-state index in [9.17, 15) is 0 Å². The fourth-order valence-corrected chi connectivity index (χ4v) is 7.44. The number of hydrogen-bond donors (Lipinski definition) is 0. The molecule has 0 saturated carbocycles. The summed E-state index contributed by atoms with van der Waals surface area (Å²) in [6, 6.07) is 44.8. The molecule has 0 spiro atoms. The summed E-state index contributed by atoms with van der Waals surface area (Å²) in [4.78, 5) is 0. The van der Waals surface area contributed by atoms with E-state index in [-0.39, 0.29) is 7.43 Å². The number of rotatable bonds is 4. The zero-order valence-electron chi connectivity index (χ0n) is 29.7. The highest BCUT2D eigenvalue weighted by Crippen LogP contribution is 2.48. The first-order valence-electron chi connectivity index (χ1n) is 17.9. The van der Waals surface area contributed by atoms with Crippen LogP contribution in [0.5, 0.6) is 0 Å². The van der Waals surface area contributed by atoms with Gasteiger partial charge in [0.2, 0.25) is 0 Å². The fraction of sp³-hybridized carbons (Fsp3) is 0.160. The molecule has 8 rings (SSSR count). The maximum absolute atomic E-state index is 2.40. The largest absolute Gasteiger partial charge is 0.0870 e. The van der Waals surface area contributed by atoms with Gasteiger partial charge in [0.25, 0.3) is 0 Å². The van der Waals surface area contributed by atoms with Crippen molar-refractivity contribution in [2.45, 2.75) is 55.4 Å². The molecular formula is C50H50. The van der Waals surface area contributed by atoms with Gasteiger partial charge in [0, 0.05) is 0 Å². The van der Waals surface area contributed by atoms with Crippen LogP contribution in [-0.2, 0) is 6.42 Å². The van der Waals surface area contributed by atoms with Crippen molar-refractivity contribution < 1.29 is 0 Å². The first-order chi connectivity index (χ1) is 24.2. The summed E-state index contributed by atoms with van der Waals surface area (Å²) in [5.41, 5.74) is 13.0. The molecule has 0 fully saturated rings. The molecule has 1 aliphatic carbocycles. The standard InChI is InChI=1S/C45H34.2C2H6.CH4/c1-3-16-32-30(2)29-43(37-22-11-10-21-34(32)37)45-40-25-14-12-23-38(40)44(39-24-13-15-26-41(39)45)42-28-27-33(31-17-6-4-7-18-31)35-19-8-5-9-20-36(35)42;2*1-2;/h3-18,20-29H,19H2,1-2H3;2*1-2H3;1H4/b16-3-;;;. The third-order valence-corrected chi connectivity index (χ3v) is 9.37. The van der Waals surface area contributed by atoms with Crippen LogP contribution < -0.4 is 0 Å². The van der Waals surface area contributed by atoms with E-state index in [1.165, 1.54) is 88.0 Å². The second kappa shape index (κ2) is 16.3. The molecule has 0 atom stereocenters. The van der Waals surface area contributed by atoms with E-state index in [2.05, 4.69) is 172 Å². The van der Waals surface area contributed by atoms with Crippen molar-refractivity contribution in [1.82, 2.24) is 0 Å². The zero-order valence-corrected chi connectivity index (χ0v) is 29.7. The second-order valence-electron chi connectivity index (χ2n) is 12.0. The van der Waals surface area contributed by atoms with E-state index >= 15 is 0 Å². The fourth-order valence-electron chi connectivity index (χ4n) is 7.44. The van der Waals surface area contributed by atoms with Gasteiger partial charge >= 0.3 is 0 Å². The quantitative estimate of drug-likeness (QED) is 0.166. The Morgan fingerprint density at radius 3 is 1.60 bits per heavy atom. The van der Waals surface area contributed by atoms with Gasteiger partial charge in [-0.2, -0.15) is 0 Å². The molecule has 0 unspecified atom stereocenters. The molecule has 0 bridgehead atoms. The average molecular weight is 651 g/mol. The van der Waals surface area contributed by atoms with Gasteiger partial charge in [-0.1, -0.05) is 193 Å². The Balaban J connectivity index is 0.000000940. The molecule has 0 aliphatic heterocycles. The maximum Gasteiger partial charge on any atom is -0.00200 e. The highest BCUT2D eigenvalue weighted by atomic mass is 14.2. The van der Waals surface area contributed by atoms with Gasteiger partial charge in [0.1, 0.15) is 0 Å². The Hall–Kier alpha value is -5.46. The van der Waals surface area contributed by atoms with Gasteiger partial charge in [-0.3, -0.25) is 0 Å². The molecule has 0 heteroatoms. The molecule has 7 aromatic rings. The molecule has 0 radical (unpaired) electrons. The van der Waals surface area contributed by atoms with Crippen LogP contribution in [0, 0.1) is 6.92 Å². The molecule has 0 heterocycles. The van der Waals surface area contributed by atoms with E-state index in [1.807, 2.05) is 27.7 Å². The Morgan fingerprint density at radius 2 is 1.02 bits per heavy atom. The summed E-state index contributed by atoms with van der Waals surface area (Å²) in [5, 5.41) is 7.71. The predicted molar refractivity (Wildman–Crippen MR) is 226 cm³/mol. The Bertz CT molecular complexity index is 2290. The summed E-state index contributed by atoms with van der Waals surface area (Å²) in [6.07, 6.45) is 14.3. The Labute approximate surface area is 300 Å². The molecule has 50 heavy (non-hydrogen) atoms. The van der Waals surface area contributed by atoms with Crippen molar-refractivity contribution in [3.63, 3.8) is 0 Å². The van der Waals surface area contributed by atoms with Gasteiger partial charge in [0.15, 0.2) is 0 Å². The third kappa shape index (κ3) is 6.35. The van der Waals surface area contributed by atoms with E-state index in [1.54, 1.807) is 0 Å². The Morgan fingerprint density at radius 1 is 0.520 bits per heavy atom. The van der Waals surface area contributed by atoms with Crippen LogP contribution in [0.1, 0.15) is 64.3 Å². The normalized spacial score (nSPS) is 11.7. The smallest absolute Gasteiger partial charge is 0.00200 e. The minimum absolute atomic E-state index is 0. The lowest BCUT2D eigenvalue weighted by molar-refractivity contribution is 1.27. The summed E-state index contributed by atoms with van der Waals surface area (Å²) >= 11 is 0. The van der Waals surface area contributed by atoms with Gasteiger partial charge in [-0.15, -0.1) is 0 Å². The van der Waals surface area contributed by atoms with Crippen LogP contribution in [0.3, 0.4) is 0 Å². The van der Waals surface area contributed by atoms with E-state index in [4.69, 9.17) is 0 Å². The van der Waals surface area contributed by atoms with Gasteiger partial charge in [-0.25, -0.2) is 0 Å². The number of aryl methyl sites for hydroxylation is 1. The van der Waals surface area contributed by atoms with Crippen molar-refractivity contribution in [3.8, 4) is 33.4 Å². The molecule has 250 valence electrons. The molecule has 0 nitrogen and oxygen atoms in total. The third-order valence-electron chi connectivity index (χ3n) is 9.37. The lowest BCUT2D eigenvalue weighted by Crippen LogP contribution is -1.98. The second-order valence-corrected chi connectivity index (χ2v) is 12.0. The zero-order chi connectivity index (χ0) is 34.3. The lowest BCUT2D eigenvalue weighted by atomic mass is 9.81. The minimum Gasteiger partial charge on any atom is -0.0870 e. The molecule has 0 amide bonds. The monoisotopic (exact) mass is 650 g/mol. The maximum atomic E-state index is 2.40. The first-order valence-corrected chi connectivity index (χ1v) is 17.9. The molecule has 0 saturated heterocycles. The van der Waals surface area contributed by atoms with Crippen molar-refractivity contribution in [2.75, 3.05) is 0 Å². The lowest BCUT2D eigenvalue weighted by Gasteiger charge is -2.22. The van der Waals surface area contributed by atoms with Gasteiger partial charge < -0.3 is 0 Å². The van der Waals surface area contributed by atoms with Crippen molar-refractivity contribution in [1.29, 1.82) is 0 Å². The van der Waals surface area contributed by atoms with E-state index in [0.29, 0.717) is 0 Å². The summed E-state index contributed by atoms with van der Waals surface area (Å²) in [7, 11) is 0. The number of fused-ring (bicyclic) bond motifs is 4. The van der Waals surface area contributed by atoms with Crippen molar-refractivity contribution in [3.05, 3.63) is 168 Å². The summed E-state index contributed by atoms with van der Waals surface area (Å²) in [5.74, 6) is 0. The molecule has 0 N–H and O–H groups in total. The van der Waals surface area contributed by atoms with Crippen LogP contribution >= 0.6 is 0 Å². The molecule has 7 aromatic carbocycles. The van der Waals surface area contributed by atoms with E-state index in [0.717, 1.165) is 6.42 Å². The Kier molecular flexibility index (Phi) is 11.7. The van der Waals surface area contributed by atoms with Crippen LogP contribution in [0.25, 0.3) is 77.9 Å². The predicted octanol–water partition coefficient (Wildman–Crippen LogP) is 15.3. The number of allylic oxidation sites excluding steroid dienone is 4. The highest BCUT2D eigenvalue weighted by molar-refractivity contribution is 6.24. The molecule has 0 aromatic heterocycles. The van der Waals surface area contributed by atoms with Crippen molar-refractivity contribution in [2.24, 2.45) is 0 Å². The van der Waals surface area contributed by atoms with Gasteiger partial charge in [-0.05, 0) is 108 Å².